The number of epoxide rings is 1. The Hall–Kier alpha value is -1.26. The van der Waals surface area contributed by atoms with Crippen LogP contribution in [0, 0.1) is 6.92 Å². The second-order valence-corrected chi connectivity index (χ2v) is 15.7. The van der Waals surface area contributed by atoms with Crippen LogP contribution >= 0.6 is 0 Å². The van der Waals surface area contributed by atoms with Gasteiger partial charge in [-0.25, -0.2) is 0 Å². The molecule has 1 aliphatic rings. The highest BCUT2D eigenvalue weighted by Gasteiger charge is 2.45. The molecule has 1 fully saturated rings. The molecule has 170 valence electrons. The minimum Gasteiger partial charge on any atom is -0.469 e. The molecule has 1 aromatic rings. The van der Waals surface area contributed by atoms with Gasteiger partial charge < -0.3 is 13.9 Å². The fourth-order valence-electron chi connectivity index (χ4n) is 2.76. The number of methoxy groups -OCH3 is 1. The van der Waals surface area contributed by atoms with Crippen LogP contribution in [0.4, 0.5) is 0 Å². The largest absolute Gasteiger partial charge is 0.469 e. The first-order valence-corrected chi connectivity index (χ1v) is 14.4. The fraction of sp³-hybridized carbons (Fsp3) is 0.667. The van der Waals surface area contributed by atoms with Crippen LogP contribution in [-0.4, -0.2) is 54.7 Å². The van der Waals surface area contributed by atoms with Crippen LogP contribution in [0.2, 0.25) is 18.1 Å². The molecule has 0 aromatic heterocycles. The number of hydrogen-bond donors (Lipinski definition) is 0. The van der Waals surface area contributed by atoms with Gasteiger partial charge in [0, 0.05) is 6.42 Å². The van der Waals surface area contributed by atoms with Crippen molar-refractivity contribution in [1.29, 1.82) is 0 Å². The summed E-state index contributed by atoms with van der Waals surface area (Å²) in [5.74, 6) is -0.339. The summed E-state index contributed by atoms with van der Waals surface area (Å²) in [6.45, 7) is 12.5. The Labute approximate surface area is 181 Å². The van der Waals surface area contributed by atoms with Gasteiger partial charge in [-0.3, -0.25) is 8.98 Å². The van der Waals surface area contributed by atoms with Crippen LogP contribution in [0.1, 0.15) is 39.2 Å². The van der Waals surface area contributed by atoms with Gasteiger partial charge in [0.05, 0.1) is 37.2 Å². The van der Waals surface area contributed by atoms with Gasteiger partial charge in [-0.1, -0.05) is 38.5 Å². The topological polar surface area (TPSA) is 91.4 Å². The van der Waals surface area contributed by atoms with E-state index >= 15 is 0 Å². The Morgan fingerprint density at radius 1 is 1.17 bits per heavy atom. The molecule has 0 aliphatic carbocycles. The molecule has 0 saturated carbocycles. The fourth-order valence-corrected chi connectivity index (χ4v) is 5.04. The molecule has 3 atom stereocenters. The monoisotopic (exact) mass is 458 g/mol. The molecule has 0 bridgehead atoms. The summed E-state index contributed by atoms with van der Waals surface area (Å²) in [4.78, 5) is 12.0. The lowest BCUT2D eigenvalue weighted by Crippen LogP contribution is -2.44. The van der Waals surface area contributed by atoms with E-state index in [4.69, 9.17) is 18.1 Å². The highest BCUT2D eigenvalue weighted by atomic mass is 32.2. The van der Waals surface area contributed by atoms with E-state index in [2.05, 4.69) is 33.9 Å². The molecule has 1 aromatic carbocycles. The average Bonchev–Trinajstić information content (AvgIpc) is 3.37. The molecule has 1 heterocycles. The maximum absolute atomic E-state index is 12.3. The van der Waals surface area contributed by atoms with Crippen molar-refractivity contribution in [1.82, 2.24) is 0 Å². The lowest BCUT2D eigenvalue weighted by molar-refractivity contribution is -0.142. The zero-order valence-corrected chi connectivity index (χ0v) is 20.7. The predicted octanol–water partition coefficient (Wildman–Crippen LogP) is 3.81. The van der Waals surface area contributed by atoms with Crippen LogP contribution in [0.3, 0.4) is 0 Å². The number of benzene rings is 1. The van der Waals surface area contributed by atoms with E-state index in [-0.39, 0.29) is 47.2 Å². The third kappa shape index (κ3) is 6.88. The molecule has 7 nitrogen and oxygen atoms in total. The van der Waals surface area contributed by atoms with E-state index in [1.165, 1.54) is 19.2 Å². The zero-order valence-electron chi connectivity index (χ0n) is 18.9. The molecule has 0 N–H and O–H groups in total. The van der Waals surface area contributed by atoms with Gasteiger partial charge in [0.1, 0.15) is 6.10 Å². The SMILES string of the molecule is COC(=O)CC(C[C@@H]1O[C@H]1COS(=O)(=O)c1ccc(C)cc1)O[Si](C)(C)C(C)(C)C. The summed E-state index contributed by atoms with van der Waals surface area (Å²) >= 11 is 0. The van der Waals surface area contributed by atoms with Crippen molar-refractivity contribution in [2.24, 2.45) is 0 Å². The highest BCUT2D eigenvalue weighted by molar-refractivity contribution is 7.86. The van der Waals surface area contributed by atoms with E-state index in [1.807, 2.05) is 6.92 Å². The van der Waals surface area contributed by atoms with Gasteiger partial charge in [-0.15, -0.1) is 0 Å². The third-order valence-corrected chi connectivity index (χ3v) is 11.6. The molecule has 0 spiro atoms. The summed E-state index contributed by atoms with van der Waals surface area (Å²) in [7, 11) is -4.58. The maximum Gasteiger partial charge on any atom is 0.308 e. The van der Waals surface area contributed by atoms with Crippen molar-refractivity contribution < 1.29 is 31.3 Å². The number of carbonyl (C=O) groups excluding carboxylic acids is 1. The molecule has 2 rings (SSSR count). The molecule has 0 amide bonds. The van der Waals surface area contributed by atoms with Crippen LogP contribution in [-0.2, 0) is 33.0 Å². The Morgan fingerprint density at radius 3 is 2.30 bits per heavy atom. The average molecular weight is 459 g/mol. The summed E-state index contributed by atoms with van der Waals surface area (Å²) in [6.07, 6.45) is -0.272. The highest BCUT2D eigenvalue weighted by Crippen LogP contribution is 2.39. The minimum absolute atomic E-state index is 0.00357. The molecule has 30 heavy (non-hydrogen) atoms. The Balaban J connectivity index is 1.94. The van der Waals surface area contributed by atoms with E-state index in [1.54, 1.807) is 12.1 Å². The zero-order chi connectivity index (χ0) is 22.7. The van der Waals surface area contributed by atoms with Gasteiger partial charge in [-0.2, -0.15) is 8.42 Å². The molecule has 1 saturated heterocycles. The van der Waals surface area contributed by atoms with Gasteiger partial charge in [0.25, 0.3) is 10.1 Å². The summed E-state index contributed by atoms with van der Waals surface area (Å²) in [6, 6.07) is 6.50. The van der Waals surface area contributed by atoms with E-state index < -0.39 is 18.4 Å². The van der Waals surface area contributed by atoms with Crippen molar-refractivity contribution in [2.75, 3.05) is 13.7 Å². The first kappa shape index (κ1) is 25.0. The number of hydrogen-bond acceptors (Lipinski definition) is 7. The number of esters is 1. The summed E-state index contributed by atoms with van der Waals surface area (Å²) < 4.78 is 46.6. The molecule has 1 unspecified atom stereocenters. The Bertz CT molecular complexity index is 828. The lowest BCUT2D eigenvalue weighted by Gasteiger charge is -2.39. The van der Waals surface area contributed by atoms with Crippen molar-refractivity contribution in [3.05, 3.63) is 29.8 Å². The Kier molecular flexibility index (Phi) is 7.90. The quantitative estimate of drug-likeness (QED) is 0.228. The summed E-state index contributed by atoms with van der Waals surface area (Å²) in [5, 5.41) is -0.00357. The maximum atomic E-state index is 12.3. The number of aryl methyl sites for hydroxylation is 1. The molecular weight excluding hydrogens is 424 g/mol. The Morgan fingerprint density at radius 2 is 1.77 bits per heavy atom. The smallest absolute Gasteiger partial charge is 0.308 e. The number of ether oxygens (including phenoxy) is 2. The van der Waals surface area contributed by atoms with Crippen LogP contribution < -0.4 is 0 Å². The van der Waals surface area contributed by atoms with Crippen LogP contribution in [0.25, 0.3) is 0 Å². The van der Waals surface area contributed by atoms with E-state index in [0.717, 1.165) is 5.56 Å². The number of rotatable bonds is 10. The molecule has 9 heteroatoms. The lowest BCUT2D eigenvalue weighted by atomic mass is 10.1. The van der Waals surface area contributed by atoms with Gasteiger partial charge in [0.15, 0.2) is 8.32 Å². The normalized spacial score (nSPS) is 20.6. The first-order chi connectivity index (χ1) is 13.7. The van der Waals surface area contributed by atoms with Gasteiger partial charge in [-0.05, 0) is 37.2 Å². The van der Waals surface area contributed by atoms with Crippen LogP contribution in [0.15, 0.2) is 29.2 Å². The molecule has 1 aliphatic heterocycles. The second kappa shape index (κ2) is 9.48. The van der Waals surface area contributed by atoms with E-state index in [0.29, 0.717) is 6.42 Å². The second-order valence-electron chi connectivity index (χ2n) is 9.28. The van der Waals surface area contributed by atoms with Crippen molar-refractivity contribution in [3.63, 3.8) is 0 Å². The molecule has 0 radical (unpaired) electrons. The van der Waals surface area contributed by atoms with Crippen molar-refractivity contribution in [2.45, 2.75) is 81.9 Å². The van der Waals surface area contributed by atoms with Crippen molar-refractivity contribution >= 4 is 24.4 Å². The van der Waals surface area contributed by atoms with Crippen molar-refractivity contribution in [3.8, 4) is 0 Å². The van der Waals surface area contributed by atoms with E-state index in [9.17, 15) is 13.2 Å². The predicted molar refractivity (Wildman–Crippen MR) is 116 cm³/mol. The van der Waals surface area contributed by atoms with Gasteiger partial charge in [0.2, 0.25) is 0 Å². The summed E-state index contributed by atoms with van der Waals surface area (Å²) in [5.41, 5.74) is 0.970. The van der Waals surface area contributed by atoms with Gasteiger partial charge >= 0.3 is 5.97 Å². The third-order valence-electron chi connectivity index (χ3n) is 5.77. The van der Waals surface area contributed by atoms with Crippen LogP contribution in [0.5, 0.6) is 0 Å². The first-order valence-electron chi connectivity index (χ1n) is 10.1. The standard InChI is InChI=1S/C21H34O7SSi/c1-15-8-10-17(11-9-15)29(23,24)26-14-19-18(27-19)12-16(13-20(22)25-5)28-30(6,7)21(2,3)4/h8-11,16,18-19H,12-14H2,1-7H3/t16?,18-,19-/m0/s1. The number of carbonyl (C=O) groups is 1. The molecular formula is C21H34O7SSi. The minimum atomic E-state index is -3.83.